The Bertz CT molecular complexity index is 613. The van der Waals surface area contributed by atoms with Crippen LogP contribution < -0.4 is 10.6 Å². The molecule has 2 amide bonds. The van der Waals surface area contributed by atoms with Crippen molar-refractivity contribution >= 4 is 17.5 Å². The Morgan fingerprint density at radius 3 is 2.75 bits per heavy atom. The van der Waals surface area contributed by atoms with Crippen molar-refractivity contribution in [2.24, 2.45) is 5.16 Å². The van der Waals surface area contributed by atoms with E-state index in [1.165, 1.54) is 0 Å². The van der Waals surface area contributed by atoms with E-state index in [-0.39, 0.29) is 11.8 Å². The number of hydrogen-bond acceptors (Lipinski definition) is 5. The van der Waals surface area contributed by atoms with Crippen LogP contribution in [0.4, 0.5) is 0 Å². The third-order valence-corrected chi connectivity index (χ3v) is 3.70. The molecule has 2 N–H and O–H groups in total. The van der Waals surface area contributed by atoms with Crippen LogP contribution in [0.25, 0.3) is 0 Å². The van der Waals surface area contributed by atoms with E-state index >= 15 is 0 Å². The van der Waals surface area contributed by atoms with Crippen LogP contribution in [0.15, 0.2) is 29.4 Å². The molecule has 0 aliphatic carbocycles. The first-order valence-electron chi connectivity index (χ1n) is 7.88. The van der Waals surface area contributed by atoms with Gasteiger partial charge in [-0.05, 0) is 19.4 Å². The third-order valence-electron chi connectivity index (χ3n) is 3.70. The molecule has 1 aromatic carbocycles. The van der Waals surface area contributed by atoms with Crippen molar-refractivity contribution in [3.05, 3.63) is 35.4 Å². The summed E-state index contributed by atoms with van der Waals surface area (Å²) in [5.41, 5.74) is 2.81. The SMILES string of the molecule is COCCNC(=O)[C@H](C)NC(=O)[C@@H]1CC(c2ccc(C)cc2)=NO1. The molecular weight excluding hydrogens is 310 g/mol. The minimum atomic E-state index is -0.712. The van der Waals surface area contributed by atoms with Gasteiger partial charge in [0.15, 0.2) is 0 Å². The van der Waals surface area contributed by atoms with Crippen LogP contribution >= 0.6 is 0 Å². The van der Waals surface area contributed by atoms with E-state index in [0.717, 1.165) is 16.8 Å². The number of methoxy groups -OCH3 is 1. The average molecular weight is 333 g/mol. The van der Waals surface area contributed by atoms with E-state index in [4.69, 9.17) is 9.57 Å². The fourth-order valence-corrected chi connectivity index (χ4v) is 2.24. The number of benzene rings is 1. The Hall–Kier alpha value is -2.41. The number of aryl methyl sites for hydroxylation is 1. The van der Waals surface area contributed by atoms with Crippen LogP contribution in [-0.4, -0.2) is 49.9 Å². The Morgan fingerprint density at radius 2 is 2.08 bits per heavy atom. The zero-order valence-corrected chi connectivity index (χ0v) is 14.2. The number of carbonyl (C=O) groups excluding carboxylic acids is 2. The number of nitrogens with zero attached hydrogens (tertiary/aromatic N) is 1. The molecular formula is C17H23N3O4. The molecule has 7 nitrogen and oxygen atoms in total. The quantitative estimate of drug-likeness (QED) is 0.721. The van der Waals surface area contributed by atoms with Gasteiger partial charge in [-0.2, -0.15) is 0 Å². The van der Waals surface area contributed by atoms with Crippen LogP contribution in [0.5, 0.6) is 0 Å². The minimum Gasteiger partial charge on any atom is -0.383 e. The molecule has 0 saturated heterocycles. The molecule has 0 unspecified atom stereocenters. The van der Waals surface area contributed by atoms with Crippen LogP contribution in [0, 0.1) is 6.92 Å². The molecule has 130 valence electrons. The van der Waals surface area contributed by atoms with E-state index in [9.17, 15) is 9.59 Å². The topological polar surface area (TPSA) is 89.0 Å². The molecule has 1 aliphatic heterocycles. The van der Waals surface area contributed by atoms with E-state index in [1.54, 1.807) is 14.0 Å². The van der Waals surface area contributed by atoms with Gasteiger partial charge in [0.25, 0.3) is 5.91 Å². The molecule has 0 bridgehead atoms. The number of ether oxygens (including phenoxy) is 1. The van der Waals surface area contributed by atoms with Gasteiger partial charge in [-0.3, -0.25) is 9.59 Å². The highest BCUT2D eigenvalue weighted by molar-refractivity contribution is 6.04. The highest BCUT2D eigenvalue weighted by Gasteiger charge is 2.30. The first-order valence-corrected chi connectivity index (χ1v) is 7.88. The predicted molar refractivity (Wildman–Crippen MR) is 89.7 cm³/mol. The van der Waals surface area contributed by atoms with E-state index in [2.05, 4.69) is 15.8 Å². The maximum Gasteiger partial charge on any atom is 0.264 e. The summed E-state index contributed by atoms with van der Waals surface area (Å²) >= 11 is 0. The molecule has 0 fully saturated rings. The van der Waals surface area contributed by atoms with Gasteiger partial charge in [0, 0.05) is 20.1 Å². The zero-order valence-electron chi connectivity index (χ0n) is 14.2. The highest BCUT2D eigenvalue weighted by Crippen LogP contribution is 2.17. The van der Waals surface area contributed by atoms with Crippen molar-refractivity contribution in [1.29, 1.82) is 0 Å². The van der Waals surface area contributed by atoms with Crippen molar-refractivity contribution in [1.82, 2.24) is 10.6 Å². The molecule has 1 heterocycles. The lowest BCUT2D eigenvalue weighted by molar-refractivity contribution is -0.135. The number of oxime groups is 1. The standard InChI is InChI=1S/C17H23N3O4/c1-11-4-6-13(7-5-11)14-10-15(24-20-14)17(22)19-12(2)16(21)18-8-9-23-3/h4-7,12,15H,8-10H2,1-3H3,(H,18,21)(H,19,22)/t12-,15-/m0/s1. The summed E-state index contributed by atoms with van der Waals surface area (Å²) < 4.78 is 4.86. The van der Waals surface area contributed by atoms with E-state index < -0.39 is 12.1 Å². The molecule has 24 heavy (non-hydrogen) atoms. The van der Waals surface area contributed by atoms with Gasteiger partial charge in [0.05, 0.1) is 12.3 Å². The van der Waals surface area contributed by atoms with Gasteiger partial charge in [0.1, 0.15) is 6.04 Å². The van der Waals surface area contributed by atoms with Crippen molar-refractivity contribution < 1.29 is 19.2 Å². The lowest BCUT2D eigenvalue weighted by Crippen LogP contribution is -2.48. The predicted octanol–water partition coefficient (Wildman–Crippen LogP) is 0.755. The van der Waals surface area contributed by atoms with Crippen LogP contribution in [0.2, 0.25) is 0 Å². The summed E-state index contributed by atoms with van der Waals surface area (Å²) in [6.07, 6.45) is -0.331. The maximum atomic E-state index is 12.2. The monoisotopic (exact) mass is 333 g/mol. The summed E-state index contributed by atoms with van der Waals surface area (Å²) in [6, 6.07) is 7.21. The summed E-state index contributed by atoms with van der Waals surface area (Å²) in [5, 5.41) is 9.30. The fourth-order valence-electron chi connectivity index (χ4n) is 2.24. The number of rotatable bonds is 7. The molecule has 1 aromatic rings. The van der Waals surface area contributed by atoms with Crippen molar-refractivity contribution in [3.8, 4) is 0 Å². The molecule has 0 aromatic heterocycles. The average Bonchev–Trinajstić information content (AvgIpc) is 3.05. The number of amides is 2. The van der Waals surface area contributed by atoms with Crippen LogP contribution in [0.1, 0.15) is 24.5 Å². The second-order valence-electron chi connectivity index (χ2n) is 5.72. The fraction of sp³-hybridized carbons (Fsp3) is 0.471. The maximum absolute atomic E-state index is 12.2. The van der Waals surface area contributed by atoms with Gasteiger partial charge in [-0.25, -0.2) is 0 Å². The number of nitrogens with one attached hydrogen (secondary N) is 2. The summed E-state index contributed by atoms with van der Waals surface area (Å²) in [5.74, 6) is -0.617. The normalized spacial score (nSPS) is 17.6. The zero-order chi connectivity index (χ0) is 17.5. The second kappa shape index (κ2) is 8.44. The van der Waals surface area contributed by atoms with E-state index in [0.29, 0.717) is 19.6 Å². The van der Waals surface area contributed by atoms with Gasteiger partial charge in [-0.15, -0.1) is 0 Å². The molecule has 2 atom stereocenters. The molecule has 0 spiro atoms. The molecule has 7 heteroatoms. The summed E-state index contributed by atoms with van der Waals surface area (Å²) in [7, 11) is 1.56. The summed E-state index contributed by atoms with van der Waals surface area (Å²) in [6.45, 7) is 4.45. The molecule has 0 saturated carbocycles. The first kappa shape index (κ1) is 17.9. The van der Waals surface area contributed by atoms with Crippen molar-refractivity contribution in [3.63, 3.8) is 0 Å². The molecule has 0 radical (unpaired) electrons. The second-order valence-corrected chi connectivity index (χ2v) is 5.72. The van der Waals surface area contributed by atoms with Crippen LogP contribution in [-0.2, 0) is 19.2 Å². The minimum absolute atomic E-state index is 0.266. The smallest absolute Gasteiger partial charge is 0.264 e. The van der Waals surface area contributed by atoms with Crippen molar-refractivity contribution in [2.75, 3.05) is 20.3 Å². The van der Waals surface area contributed by atoms with Gasteiger partial charge >= 0.3 is 0 Å². The Labute approximate surface area is 141 Å². The van der Waals surface area contributed by atoms with Gasteiger partial charge in [0.2, 0.25) is 12.0 Å². The summed E-state index contributed by atoms with van der Waals surface area (Å²) in [4.78, 5) is 29.3. The lowest BCUT2D eigenvalue weighted by Gasteiger charge is -2.16. The Kier molecular flexibility index (Phi) is 6.31. The molecule has 1 aliphatic rings. The van der Waals surface area contributed by atoms with Gasteiger partial charge < -0.3 is 20.2 Å². The first-order chi connectivity index (χ1) is 11.5. The number of carbonyl (C=O) groups is 2. The third kappa shape index (κ3) is 4.79. The van der Waals surface area contributed by atoms with Crippen LogP contribution in [0.3, 0.4) is 0 Å². The Balaban J connectivity index is 1.82. The lowest BCUT2D eigenvalue weighted by atomic mass is 10.0. The van der Waals surface area contributed by atoms with Gasteiger partial charge in [-0.1, -0.05) is 35.0 Å². The van der Waals surface area contributed by atoms with E-state index in [1.807, 2.05) is 31.2 Å². The largest absolute Gasteiger partial charge is 0.383 e. The Morgan fingerprint density at radius 1 is 1.38 bits per heavy atom. The highest BCUT2D eigenvalue weighted by atomic mass is 16.6. The van der Waals surface area contributed by atoms with Crippen molar-refractivity contribution in [2.45, 2.75) is 32.4 Å². The number of hydrogen-bond donors (Lipinski definition) is 2. The molecule has 2 rings (SSSR count).